The average molecular weight is 257 g/mol. The van der Waals surface area contributed by atoms with Crippen LogP contribution in [0.2, 0.25) is 0 Å². The van der Waals surface area contributed by atoms with Crippen LogP contribution in [0.25, 0.3) is 0 Å². The van der Waals surface area contributed by atoms with Crippen molar-refractivity contribution in [2.45, 2.75) is 45.7 Å². The average Bonchev–Trinajstić information content (AvgIpc) is 2.80. The smallest absolute Gasteiger partial charge is 0.0626 e. The van der Waals surface area contributed by atoms with Crippen molar-refractivity contribution in [2.75, 3.05) is 45.9 Å². The van der Waals surface area contributed by atoms with Crippen molar-refractivity contribution in [3.63, 3.8) is 0 Å². The maximum absolute atomic E-state index is 9.69. The minimum Gasteiger partial charge on any atom is -0.394 e. The summed E-state index contributed by atoms with van der Waals surface area (Å²) < 4.78 is 0. The Balaban J connectivity index is 2.38. The SMILES string of the molecule is CCN(CC)CCNC1(CO)CCN(C(C)C)C1. The second-order valence-corrected chi connectivity index (χ2v) is 5.71. The van der Waals surface area contributed by atoms with Gasteiger partial charge in [0.25, 0.3) is 0 Å². The van der Waals surface area contributed by atoms with Crippen LogP contribution in [0.1, 0.15) is 34.1 Å². The molecule has 1 aliphatic rings. The van der Waals surface area contributed by atoms with Gasteiger partial charge in [-0.05, 0) is 33.4 Å². The number of hydrogen-bond acceptors (Lipinski definition) is 4. The Kier molecular flexibility index (Phi) is 6.57. The number of aliphatic hydroxyl groups is 1. The zero-order valence-corrected chi connectivity index (χ0v) is 12.6. The molecule has 1 rings (SSSR count). The highest BCUT2D eigenvalue weighted by Gasteiger charge is 2.37. The van der Waals surface area contributed by atoms with E-state index in [0.717, 1.165) is 45.7 Å². The van der Waals surface area contributed by atoms with E-state index in [2.05, 4.69) is 42.8 Å². The summed E-state index contributed by atoms with van der Waals surface area (Å²) in [5.41, 5.74) is -0.0720. The first-order valence-electron chi connectivity index (χ1n) is 7.39. The number of nitrogens with one attached hydrogen (secondary N) is 1. The molecule has 4 nitrogen and oxygen atoms in total. The van der Waals surface area contributed by atoms with Gasteiger partial charge in [-0.3, -0.25) is 4.90 Å². The van der Waals surface area contributed by atoms with Gasteiger partial charge in [-0.25, -0.2) is 0 Å². The lowest BCUT2D eigenvalue weighted by Crippen LogP contribution is -2.53. The second-order valence-electron chi connectivity index (χ2n) is 5.71. The lowest BCUT2D eigenvalue weighted by molar-refractivity contribution is 0.148. The third-order valence-corrected chi connectivity index (χ3v) is 4.24. The molecule has 2 N–H and O–H groups in total. The van der Waals surface area contributed by atoms with Gasteiger partial charge in [0.05, 0.1) is 12.1 Å². The summed E-state index contributed by atoms with van der Waals surface area (Å²) in [5, 5.41) is 13.3. The second kappa shape index (κ2) is 7.43. The zero-order chi connectivity index (χ0) is 13.6. The fourth-order valence-corrected chi connectivity index (χ4v) is 2.69. The number of rotatable bonds is 8. The van der Waals surface area contributed by atoms with Crippen molar-refractivity contribution in [2.24, 2.45) is 0 Å². The lowest BCUT2D eigenvalue weighted by atomic mass is 10.00. The standard InChI is InChI=1S/C14H31N3O/c1-5-16(6-2)10-8-15-14(12-18)7-9-17(11-14)13(3)4/h13,15,18H,5-12H2,1-4H3. The van der Waals surface area contributed by atoms with E-state index in [4.69, 9.17) is 0 Å². The quantitative estimate of drug-likeness (QED) is 0.673. The van der Waals surface area contributed by atoms with E-state index in [9.17, 15) is 5.11 Å². The molecule has 0 spiro atoms. The number of hydrogen-bond donors (Lipinski definition) is 2. The molecule has 0 aliphatic carbocycles. The predicted octanol–water partition coefficient (Wildman–Crippen LogP) is 0.763. The molecule has 0 radical (unpaired) electrons. The molecular formula is C14H31N3O. The molecule has 1 fully saturated rings. The maximum Gasteiger partial charge on any atom is 0.0626 e. The predicted molar refractivity (Wildman–Crippen MR) is 76.9 cm³/mol. The Morgan fingerprint density at radius 3 is 2.44 bits per heavy atom. The molecule has 1 heterocycles. The Morgan fingerprint density at radius 1 is 1.33 bits per heavy atom. The van der Waals surface area contributed by atoms with Gasteiger partial charge in [-0.1, -0.05) is 13.8 Å². The van der Waals surface area contributed by atoms with E-state index in [1.165, 1.54) is 0 Å². The molecule has 108 valence electrons. The van der Waals surface area contributed by atoms with Gasteiger partial charge >= 0.3 is 0 Å². The van der Waals surface area contributed by atoms with Gasteiger partial charge in [0.1, 0.15) is 0 Å². The molecule has 1 saturated heterocycles. The summed E-state index contributed by atoms with van der Waals surface area (Å²) in [6.45, 7) is 15.4. The molecule has 0 aromatic carbocycles. The van der Waals surface area contributed by atoms with Gasteiger partial charge in [0.2, 0.25) is 0 Å². The van der Waals surface area contributed by atoms with Gasteiger partial charge in [0, 0.05) is 32.2 Å². The van der Waals surface area contributed by atoms with Crippen molar-refractivity contribution in [3.8, 4) is 0 Å². The summed E-state index contributed by atoms with van der Waals surface area (Å²) in [4.78, 5) is 4.86. The summed E-state index contributed by atoms with van der Waals surface area (Å²) in [5.74, 6) is 0. The van der Waals surface area contributed by atoms with Crippen LogP contribution in [0.15, 0.2) is 0 Å². The van der Waals surface area contributed by atoms with E-state index >= 15 is 0 Å². The topological polar surface area (TPSA) is 38.7 Å². The van der Waals surface area contributed by atoms with E-state index in [1.54, 1.807) is 0 Å². The van der Waals surface area contributed by atoms with E-state index < -0.39 is 0 Å². The van der Waals surface area contributed by atoms with Crippen LogP contribution >= 0.6 is 0 Å². The Hall–Kier alpha value is -0.160. The third-order valence-electron chi connectivity index (χ3n) is 4.24. The van der Waals surface area contributed by atoms with Gasteiger partial charge < -0.3 is 15.3 Å². The molecule has 18 heavy (non-hydrogen) atoms. The molecule has 4 heteroatoms. The number of likely N-dealkylation sites (tertiary alicyclic amines) is 1. The van der Waals surface area contributed by atoms with Crippen LogP contribution in [0, 0.1) is 0 Å². The van der Waals surface area contributed by atoms with Crippen molar-refractivity contribution >= 4 is 0 Å². The normalized spacial score (nSPS) is 25.5. The summed E-state index contributed by atoms with van der Waals surface area (Å²) in [7, 11) is 0. The molecule has 0 amide bonds. The third kappa shape index (κ3) is 4.19. The Bertz CT molecular complexity index is 231. The molecule has 0 aromatic heterocycles. The Morgan fingerprint density at radius 2 is 2.00 bits per heavy atom. The van der Waals surface area contributed by atoms with Crippen LogP contribution in [0.5, 0.6) is 0 Å². The first kappa shape index (κ1) is 15.9. The number of aliphatic hydroxyl groups excluding tert-OH is 1. The monoisotopic (exact) mass is 257 g/mol. The number of nitrogens with zero attached hydrogens (tertiary/aromatic N) is 2. The molecule has 0 saturated carbocycles. The lowest BCUT2D eigenvalue weighted by Gasteiger charge is -2.31. The van der Waals surface area contributed by atoms with E-state index in [0.29, 0.717) is 6.04 Å². The van der Waals surface area contributed by atoms with Crippen molar-refractivity contribution in [1.29, 1.82) is 0 Å². The maximum atomic E-state index is 9.69. The van der Waals surface area contributed by atoms with Crippen molar-refractivity contribution in [3.05, 3.63) is 0 Å². The molecule has 0 aromatic rings. The van der Waals surface area contributed by atoms with Crippen molar-refractivity contribution < 1.29 is 5.11 Å². The van der Waals surface area contributed by atoms with Crippen LogP contribution in [0.4, 0.5) is 0 Å². The van der Waals surface area contributed by atoms with Gasteiger partial charge in [0.15, 0.2) is 0 Å². The zero-order valence-electron chi connectivity index (χ0n) is 12.6. The first-order valence-corrected chi connectivity index (χ1v) is 7.39. The summed E-state index contributed by atoms with van der Waals surface area (Å²) in [6, 6.07) is 0.572. The Labute approximate surface area is 112 Å². The van der Waals surface area contributed by atoms with E-state index in [-0.39, 0.29) is 12.1 Å². The van der Waals surface area contributed by atoms with Crippen molar-refractivity contribution in [1.82, 2.24) is 15.1 Å². The fourth-order valence-electron chi connectivity index (χ4n) is 2.69. The van der Waals surface area contributed by atoms with Crippen LogP contribution < -0.4 is 5.32 Å². The fraction of sp³-hybridized carbons (Fsp3) is 1.00. The molecule has 1 unspecified atom stereocenters. The molecule has 1 aliphatic heterocycles. The number of likely N-dealkylation sites (N-methyl/N-ethyl adjacent to an activating group) is 1. The van der Waals surface area contributed by atoms with Gasteiger partial charge in [-0.2, -0.15) is 0 Å². The van der Waals surface area contributed by atoms with Crippen LogP contribution in [0.3, 0.4) is 0 Å². The van der Waals surface area contributed by atoms with Gasteiger partial charge in [-0.15, -0.1) is 0 Å². The highest BCUT2D eigenvalue weighted by Crippen LogP contribution is 2.22. The molecular weight excluding hydrogens is 226 g/mol. The minimum absolute atomic E-state index is 0.0720. The first-order chi connectivity index (χ1) is 8.56. The molecule has 1 atom stereocenters. The van der Waals surface area contributed by atoms with E-state index in [1.807, 2.05) is 0 Å². The largest absolute Gasteiger partial charge is 0.394 e. The molecule has 0 bridgehead atoms. The summed E-state index contributed by atoms with van der Waals surface area (Å²) >= 11 is 0. The highest BCUT2D eigenvalue weighted by atomic mass is 16.3. The highest BCUT2D eigenvalue weighted by molar-refractivity contribution is 4.97. The minimum atomic E-state index is -0.0720. The summed E-state index contributed by atoms with van der Waals surface area (Å²) in [6.07, 6.45) is 1.06. The van der Waals surface area contributed by atoms with Crippen LogP contribution in [-0.4, -0.2) is 72.4 Å². The van der Waals surface area contributed by atoms with Crippen LogP contribution in [-0.2, 0) is 0 Å².